The number of ether oxygens (including phenoxy) is 1. The van der Waals surface area contributed by atoms with Crippen molar-refractivity contribution in [2.24, 2.45) is 0 Å². The van der Waals surface area contributed by atoms with E-state index in [1.165, 1.54) is 17.0 Å². The van der Waals surface area contributed by atoms with Crippen LogP contribution >= 0.6 is 11.6 Å². The first-order valence-corrected chi connectivity index (χ1v) is 10.3. The van der Waals surface area contributed by atoms with Gasteiger partial charge in [-0.15, -0.1) is 0 Å². The van der Waals surface area contributed by atoms with Crippen molar-refractivity contribution in [2.45, 2.75) is 6.92 Å². The Morgan fingerprint density at radius 1 is 1.06 bits per heavy atom. The van der Waals surface area contributed by atoms with E-state index in [9.17, 15) is 14.9 Å². The molecule has 0 atom stereocenters. The maximum Gasteiger partial charge on any atom is 0.271 e. The second-order valence-corrected chi connectivity index (χ2v) is 7.49. The van der Waals surface area contributed by atoms with Crippen LogP contribution in [0.2, 0.25) is 5.02 Å². The Balaban J connectivity index is 1.78. The molecule has 1 amide bonds. The monoisotopic (exact) mass is 446 g/mol. The van der Waals surface area contributed by atoms with E-state index >= 15 is 0 Å². The first kappa shape index (κ1) is 21.3. The molecular weight excluding hydrogens is 428 g/mol. The number of carbonyl (C=O) groups is 1. The van der Waals surface area contributed by atoms with Crippen molar-refractivity contribution in [1.82, 2.24) is 0 Å². The highest BCUT2D eigenvalue weighted by molar-refractivity contribution is 6.30. The highest BCUT2D eigenvalue weighted by atomic mass is 35.5. The normalized spacial score (nSPS) is 14.6. The number of benzene rings is 3. The summed E-state index contributed by atoms with van der Waals surface area (Å²) in [4.78, 5) is 25.7. The molecule has 32 heavy (non-hydrogen) atoms. The Morgan fingerprint density at radius 2 is 1.78 bits per heavy atom. The maximum atomic E-state index is 13.4. The van der Waals surface area contributed by atoms with Crippen LogP contribution in [0.4, 0.5) is 11.4 Å². The maximum absolute atomic E-state index is 13.4. The third kappa shape index (κ3) is 4.40. The fourth-order valence-electron chi connectivity index (χ4n) is 3.46. The van der Waals surface area contributed by atoms with E-state index < -0.39 is 4.92 Å². The summed E-state index contributed by atoms with van der Waals surface area (Å²) in [7, 11) is 0. The van der Waals surface area contributed by atoms with Crippen LogP contribution in [-0.2, 0) is 4.79 Å². The lowest BCUT2D eigenvalue weighted by Crippen LogP contribution is -2.25. The predicted molar refractivity (Wildman–Crippen MR) is 126 cm³/mol. The molecule has 0 bridgehead atoms. The van der Waals surface area contributed by atoms with Crippen molar-refractivity contribution in [1.29, 1.82) is 0 Å². The predicted octanol–water partition coefficient (Wildman–Crippen LogP) is 6.12. The summed E-state index contributed by atoms with van der Waals surface area (Å²) in [6, 6.07) is 20.6. The summed E-state index contributed by atoms with van der Waals surface area (Å²) < 4.78 is 5.47. The van der Waals surface area contributed by atoms with Gasteiger partial charge in [-0.1, -0.05) is 41.9 Å². The fraction of sp³-hybridized carbons (Fsp3) is 0.0800. The van der Waals surface area contributed by atoms with Gasteiger partial charge in [0.15, 0.2) is 0 Å². The number of carbonyl (C=O) groups excluding carboxylic acids is 1. The number of rotatable bonds is 6. The lowest BCUT2D eigenvalue weighted by atomic mass is 10.1. The molecule has 0 spiro atoms. The zero-order valence-electron chi connectivity index (χ0n) is 17.2. The second kappa shape index (κ2) is 9.08. The molecule has 0 fully saturated rings. The molecule has 4 rings (SSSR count). The van der Waals surface area contributed by atoms with Gasteiger partial charge < -0.3 is 4.74 Å². The molecule has 7 heteroatoms. The van der Waals surface area contributed by atoms with E-state index in [4.69, 9.17) is 16.3 Å². The molecule has 1 aliphatic heterocycles. The number of amides is 1. The minimum Gasteiger partial charge on any atom is -0.494 e. The summed E-state index contributed by atoms with van der Waals surface area (Å²) in [5.41, 5.74) is 3.01. The van der Waals surface area contributed by atoms with Gasteiger partial charge in [0.25, 0.3) is 11.6 Å². The number of anilines is 1. The van der Waals surface area contributed by atoms with Crippen LogP contribution in [0.5, 0.6) is 5.75 Å². The number of non-ortho nitro benzene ring substituents is 1. The summed E-state index contributed by atoms with van der Waals surface area (Å²) in [5.74, 6) is 0.479. The Labute approximate surface area is 190 Å². The SMILES string of the molecule is CCOc1ccc(/C=C2\C=C(c3ccc(Cl)cc3)N(c3cccc([N+](=O)[O-])c3)C2=O)cc1. The highest BCUT2D eigenvalue weighted by Crippen LogP contribution is 2.36. The first-order chi connectivity index (χ1) is 15.5. The molecule has 1 heterocycles. The average molecular weight is 447 g/mol. The van der Waals surface area contributed by atoms with E-state index in [1.807, 2.05) is 43.3 Å². The molecule has 160 valence electrons. The van der Waals surface area contributed by atoms with Crippen molar-refractivity contribution in [2.75, 3.05) is 11.5 Å². The van der Waals surface area contributed by atoms with Crippen LogP contribution in [0, 0.1) is 10.1 Å². The van der Waals surface area contributed by atoms with Crippen molar-refractivity contribution < 1.29 is 14.5 Å². The quantitative estimate of drug-likeness (QED) is 0.260. The molecule has 0 aromatic heterocycles. The van der Waals surface area contributed by atoms with Crippen LogP contribution in [0.1, 0.15) is 18.1 Å². The van der Waals surface area contributed by atoms with Crippen LogP contribution in [-0.4, -0.2) is 17.4 Å². The van der Waals surface area contributed by atoms with Gasteiger partial charge in [-0.05, 0) is 60.5 Å². The van der Waals surface area contributed by atoms with Gasteiger partial charge in [0.1, 0.15) is 5.75 Å². The van der Waals surface area contributed by atoms with Crippen LogP contribution in [0.3, 0.4) is 0 Å². The highest BCUT2D eigenvalue weighted by Gasteiger charge is 2.31. The van der Waals surface area contributed by atoms with Crippen LogP contribution in [0.15, 0.2) is 84.4 Å². The Morgan fingerprint density at radius 3 is 2.44 bits per heavy atom. The summed E-state index contributed by atoms with van der Waals surface area (Å²) in [6.07, 6.45) is 3.56. The number of nitrogens with zero attached hydrogens (tertiary/aromatic N) is 2. The molecule has 1 aliphatic rings. The third-order valence-electron chi connectivity index (χ3n) is 4.94. The van der Waals surface area contributed by atoms with Gasteiger partial charge >= 0.3 is 0 Å². The van der Waals surface area contributed by atoms with Gasteiger partial charge in [-0.3, -0.25) is 19.8 Å². The van der Waals surface area contributed by atoms with Crippen molar-refractivity contribution in [3.63, 3.8) is 0 Å². The van der Waals surface area contributed by atoms with Crippen molar-refractivity contribution in [3.8, 4) is 5.75 Å². The number of nitro benzene ring substituents is 1. The lowest BCUT2D eigenvalue weighted by molar-refractivity contribution is -0.384. The molecule has 0 aliphatic carbocycles. The Kier molecular flexibility index (Phi) is 6.05. The standard InChI is InChI=1S/C25H19ClN2O4/c1-2-32-23-12-6-17(7-13-23)14-19-15-24(18-8-10-20(26)11-9-18)27(25(19)29)21-4-3-5-22(16-21)28(30)31/h3-16H,2H2,1H3/b19-14+. The fourth-order valence-corrected chi connectivity index (χ4v) is 3.58. The van der Waals surface area contributed by atoms with E-state index in [-0.39, 0.29) is 11.6 Å². The van der Waals surface area contributed by atoms with Gasteiger partial charge in [0.05, 0.1) is 22.9 Å². The van der Waals surface area contributed by atoms with Crippen LogP contribution in [0.25, 0.3) is 11.8 Å². The number of halogens is 1. The molecule has 6 nitrogen and oxygen atoms in total. The minimum atomic E-state index is -0.480. The van der Waals surface area contributed by atoms with Gasteiger partial charge in [-0.25, -0.2) is 0 Å². The number of hydrogen-bond acceptors (Lipinski definition) is 4. The molecule has 0 unspecified atom stereocenters. The first-order valence-electron chi connectivity index (χ1n) is 9.97. The van der Waals surface area contributed by atoms with Gasteiger partial charge in [0.2, 0.25) is 0 Å². The zero-order valence-corrected chi connectivity index (χ0v) is 18.0. The summed E-state index contributed by atoms with van der Waals surface area (Å²) in [6.45, 7) is 2.49. The smallest absolute Gasteiger partial charge is 0.271 e. The minimum absolute atomic E-state index is 0.0882. The zero-order chi connectivity index (χ0) is 22.7. The summed E-state index contributed by atoms with van der Waals surface area (Å²) >= 11 is 6.03. The number of nitro groups is 1. The molecule has 0 N–H and O–H groups in total. The number of hydrogen-bond donors (Lipinski definition) is 0. The molecule has 0 radical (unpaired) electrons. The Hall–Kier alpha value is -3.90. The molecule has 0 saturated carbocycles. The summed E-state index contributed by atoms with van der Waals surface area (Å²) in [5, 5.41) is 11.8. The topological polar surface area (TPSA) is 72.7 Å². The van der Waals surface area contributed by atoms with Crippen LogP contribution < -0.4 is 9.64 Å². The Bertz CT molecular complexity index is 1230. The average Bonchev–Trinajstić information content (AvgIpc) is 3.11. The molecule has 3 aromatic rings. The van der Waals surface area contributed by atoms with Gasteiger partial charge in [0, 0.05) is 22.7 Å². The van der Waals surface area contributed by atoms with Crippen molar-refractivity contribution >= 4 is 40.7 Å². The molecule has 0 saturated heterocycles. The molecular formula is C25H19ClN2O4. The van der Waals surface area contributed by atoms with E-state index in [0.717, 1.165) is 16.9 Å². The van der Waals surface area contributed by atoms with E-state index in [1.54, 1.807) is 36.4 Å². The van der Waals surface area contributed by atoms with E-state index in [0.29, 0.717) is 28.6 Å². The lowest BCUT2D eigenvalue weighted by Gasteiger charge is -2.20. The largest absolute Gasteiger partial charge is 0.494 e. The second-order valence-electron chi connectivity index (χ2n) is 7.06. The van der Waals surface area contributed by atoms with Crippen molar-refractivity contribution in [3.05, 3.63) is 111 Å². The van der Waals surface area contributed by atoms with Gasteiger partial charge in [-0.2, -0.15) is 0 Å². The third-order valence-corrected chi connectivity index (χ3v) is 5.19. The van der Waals surface area contributed by atoms with E-state index in [2.05, 4.69) is 0 Å². The molecule has 3 aromatic carbocycles.